The normalized spacial score (nSPS) is 14.6. The lowest BCUT2D eigenvalue weighted by Gasteiger charge is -2.29. The molecule has 0 spiro atoms. The molecule has 0 saturated carbocycles. The Morgan fingerprint density at radius 1 is 1.12 bits per heavy atom. The number of anilines is 5. The molecular weight excluding hydrogens is 444 g/mol. The number of hydrogen-bond acceptors (Lipinski definition) is 9. The van der Waals surface area contributed by atoms with Crippen LogP contribution >= 0.6 is 11.6 Å². The van der Waals surface area contributed by atoms with Crippen LogP contribution in [0.15, 0.2) is 48.7 Å². The Labute approximate surface area is 197 Å². The fourth-order valence-electron chi connectivity index (χ4n) is 3.57. The Balaban J connectivity index is 1.56. The van der Waals surface area contributed by atoms with Crippen molar-refractivity contribution in [3.8, 4) is 5.75 Å². The highest BCUT2D eigenvalue weighted by molar-refractivity contribution is 6.32. The Morgan fingerprint density at radius 2 is 1.91 bits per heavy atom. The van der Waals surface area contributed by atoms with Gasteiger partial charge in [-0.2, -0.15) is 4.98 Å². The van der Waals surface area contributed by atoms with E-state index in [4.69, 9.17) is 21.1 Å². The van der Waals surface area contributed by atoms with Crippen molar-refractivity contribution in [1.82, 2.24) is 15.3 Å². The lowest BCUT2D eigenvalue weighted by atomic mass is 10.1. The van der Waals surface area contributed by atoms with E-state index in [1.165, 1.54) is 6.20 Å². The number of ether oxygens (including phenoxy) is 2. The van der Waals surface area contributed by atoms with Gasteiger partial charge in [0, 0.05) is 36.1 Å². The number of aromatic nitrogens is 2. The number of rotatable bonds is 8. The maximum atomic E-state index is 10.2. The van der Waals surface area contributed by atoms with Gasteiger partial charge in [0.1, 0.15) is 17.0 Å². The summed E-state index contributed by atoms with van der Waals surface area (Å²) in [4.78, 5) is 11.1. The predicted molar refractivity (Wildman–Crippen MR) is 130 cm³/mol. The molecule has 0 bridgehead atoms. The van der Waals surface area contributed by atoms with Gasteiger partial charge in [0.15, 0.2) is 5.82 Å². The van der Waals surface area contributed by atoms with Gasteiger partial charge >= 0.3 is 0 Å². The quantitative estimate of drug-likeness (QED) is 0.367. The summed E-state index contributed by atoms with van der Waals surface area (Å²) < 4.78 is 11.0. The SMILES string of the molecule is CNC(O)c1ccccc1Nc1nc(Nc2ccc(N3CCOCC3)cc2OC)ncc1Cl. The van der Waals surface area contributed by atoms with Crippen molar-refractivity contribution >= 4 is 40.4 Å². The van der Waals surface area contributed by atoms with Crippen molar-refractivity contribution in [2.45, 2.75) is 6.23 Å². The van der Waals surface area contributed by atoms with Gasteiger partial charge in [-0.05, 0) is 25.2 Å². The van der Waals surface area contributed by atoms with Crippen LogP contribution in [0.25, 0.3) is 0 Å². The minimum Gasteiger partial charge on any atom is -0.494 e. The second-order valence-corrected chi connectivity index (χ2v) is 7.81. The van der Waals surface area contributed by atoms with Crippen LogP contribution in [0.2, 0.25) is 5.02 Å². The molecule has 2 aromatic carbocycles. The molecule has 4 N–H and O–H groups in total. The van der Waals surface area contributed by atoms with Gasteiger partial charge in [-0.15, -0.1) is 0 Å². The van der Waals surface area contributed by atoms with Gasteiger partial charge in [0.2, 0.25) is 5.95 Å². The molecule has 0 aliphatic carbocycles. The number of aliphatic hydroxyl groups excluding tert-OH is 1. The molecular formula is C23H27ClN6O3. The van der Waals surface area contributed by atoms with Crippen molar-refractivity contribution < 1.29 is 14.6 Å². The lowest BCUT2D eigenvalue weighted by Crippen LogP contribution is -2.36. The van der Waals surface area contributed by atoms with Crippen molar-refractivity contribution in [3.05, 3.63) is 59.2 Å². The number of para-hydroxylation sites is 1. The first-order valence-corrected chi connectivity index (χ1v) is 11.0. The van der Waals surface area contributed by atoms with Crippen LogP contribution in [0.3, 0.4) is 0 Å². The van der Waals surface area contributed by atoms with E-state index in [0.29, 0.717) is 47.0 Å². The largest absolute Gasteiger partial charge is 0.494 e. The number of methoxy groups -OCH3 is 1. The molecule has 0 radical (unpaired) electrons. The molecule has 4 rings (SSSR count). The van der Waals surface area contributed by atoms with Crippen LogP contribution in [0, 0.1) is 0 Å². The van der Waals surface area contributed by atoms with Crippen molar-refractivity contribution in [2.24, 2.45) is 0 Å². The Hall–Kier alpha value is -3.11. The van der Waals surface area contributed by atoms with Crippen molar-refractivity contribution in [2.75, 3.05) is 56.0 Å². The zero-order valence-electron chi connectivity index (χ0n) is 18.5. The Morgan fingerprint density at radius 3 is 2.67 bits per heavy atom. The van der Waals surface area contributed by atoms with Crippen LogP contribution < -0.4 is 25.6 Å². The molecule has 1 atom stereocenters. The molecule has 174 valence electrons. The second-order valence-electron chi connectivity index (χ2n) is 7.40. The molecule has 1 fully saturated rings. The smallest absolute Gasteiger partial charge is 0.229 e. The first-order chi connectivity index (χ1) is 16.1. The average Bonchev–Trinajstić information content (AvgIpc) is 2.86. The van der Waals surface area contributed by atoms with E-state index in [-0.39, 0.29) is 0 Å². The minimum atomic E-state index is -0.832. The number of morpholine rings is 1. The maximum Gasteiger partial charge on any atom is 0.229 e. The van der Waals surface area contributed by atoms with Gasteiger partial charge in [-0.3, -0.25) is 5.32 Å². The third kappa shape index (κ3) is 5.45. The van der Waals surface area contributed by atoms with E-state index in [1.54, 1.807) is 14.2 Å². The number of halogens is 1. The summed E-state index contributed by atoms with van der Waals surface area (Å²) in [7, 11) is 3.31. The lowest BCUT2D eigenvalue weighted by molar-refractivity contribution is 0.122. The van der Waals surface area contributed by atoms with Crippen LogP contribution in [0.5, 0.6) is 5.75 Å². The number of hydrogen-bond donors (Lipinski definition) is 4. The molecule has 1 aliphatic rings. The van der Waals surface area contributed by atoms with E-state index < -0.39 is 6.23 Å². The molecule has 1 aromatic heterocycles. The summed E-state index contributed by atoms with van der Waals surface area (Å²) in [5.41, 5.74) is 3.15. The first kappa shape index (κ1) is 23.1. The molecule has 3 aromatic rings. The van der Waals surface area contributed by atoms with Gasteiger partial charge in [-0.25, -0.2) is 4.98 Å². The van der Waals surface area contributed by atoms with Gasteiger partial charge < -0.3 is 30.1 Å². The number of nitrogens with one attached hydrogen (secondary N) is 3. The van der Waals surface area contributed by atoms with E-state index in [2.05, 4.69) is 30.8 Å². The fraction of sp³-hybridized carbons (Fsp3) is 0.304. The predicted octanol–water partition coefficient (Wildman–Crippen LogP) is 3.67. The van der Waals surface area contributed by atoms with E-state index in [1.807, 2.05) is 42.5 Å². The molecule has 2 heterocycles. The van der Waals surface area contributed by atoms with Crippen LogP contribution in [-0.4, -0.2) is 55.5 Å². The summed E-state index contributed by atoms with van der Waals surface area (Å²) in [6, 6.07) is 13.3. The number of benzene rings is 2. The topological polar surface area (TPSA) is 104 Å². The minimum absolute atomic E-state index is 0.351. The standard InChI is InChI=1S/C23H27ClN6O3/c1-25-22(31)16-5-3-4-6-18(16)27-21-17(24)14-26-23(29-21)28-19-8-7-15(13-20(19)32-2)30-9-11-33-12-10-30/h3-8,13-14,22,25,31H,9-12H2,1-2H3,(H2,26,27,28,29). The second kappa shape index (κ2) is 10.7. The zero-order valence-corrected chi connectivity index (χ0v) is 19.3. The maximum absolute atomic E-state index is 10.2. The Kier molecular flexibility index (Phi) is 7.46. The monoisotopic (exact) mass is 470 g/mol. The summed E-state index contributed by atoms with van der Waals surface area (Å²) in [6.45, 7) is 3.11. The number of aliphatic hydroxyl groups is 1. The summed E-state index contributed by atoms with van der Waals surface area (Å²) >= 11 is 6.35. The van der Waals surface area contributed by atoms with E-state index in [9.17, 15) is 5.11 Å². The van der Waals surface area contributed by atoms with Crippen LogP contribution in [0.1, 0.15) is 11.8 Å². The van der Waals surface area contributed by atoms with E-state index in [0.717, 1.165) is 24.5 Å². The molecule has 1 aliphatic heterocycles. The highest BCUT2D eigenvalue weighted by atomic mass is 35.5. The summed E-state index contributed by atoms with van der Waals surface area (Å²) in [6.07, 6.45) is 0.686. The van der Waals surface area contributed by atoms with E-state index >= 15 is 0 Å². The summed E-state index contributed by atoms with van der Waals surface area (Å²) in [5, 5.41) is 19.8. The molecule has 10 heteroatoms. The van der Waals surface area contributed by atoms with Crippen LogP contribution in [-0.2, 0) is 4.74 Å². The third-order valence-corrected chi connectivity index (χ3v) is 5.61. The summed E-state index contributed by atoms with van der Waals surface area (Å²) in [5.74, 6) is 1.44. The molecule has 1 saturated heterocycles. The van der Waals surface area contributed by atoms with Gasteiger partial charge in [0.05, 0.1) is 32.2 Å². The van der Waals surface area contributed by atoms with Crippen molar-refractivity contribution in [1.29, 1.82) is 0 Å². The first-order valence-electron chi connectivity index (χ1n) is 10.6. The number of nitrogens with zero attached hydrogens (tertiary/aromatic N) is 3. The van der Waals surface area contributed by atoms with Gasteiger partial charge in [0.25, 0.3) is 0 Å². The highest BCUT2D eigenvalue weighted by Crippen LogP contribution is 2.33. The molecule has 33 heavy (non-hydrogen) atoms. The van der Waals surface area contributed by atoms with Gasteiger partial charge in [-0.1, -0.05) is 29.8 Å². The molecule has 9 nitrogen and oxygen atoms in total. The highest BCUT2D eigenvalue weighted by Gasteiger charge is 2.16. The zero-order chi connectivity index (χ0) is 23.2. The average molecular weight is 471 g/mol. The third-order valence-electron chi connectivity index (χ3n) is 5.33. The molecule has 0 amide bonds. The fourth-order valence-corrected chi connectivity index (χ4v) is 3.71. The van der Waals surface area contributed by atoms with Crippen molar-refractivity contribution in [3.63, 3.8) is 0 Å². The van der Waals surface area contributed by atoms with Crippen LogP contribution in [0.4, 0.5) is 28.8 Å². The Bertz CT molecular complexity index is 1090. The molecule has 1 unspecified atom stereocenters.